The van der Waals surface area contributed by atoms with E-state index >= 15 is 0 Å². The molecule has 0 spiro atoms. The third-order valence-corrected chi connectivity index (χ3v) is 3.61. The maximum Gasteiger partial charge on any atom is 0.223 e. The van der Waals surface area contributed by atoms with Crippen LogP contribution in [0.2, 0.25) is 0 Å². The number of hydrogen-bond acceptors (Lipinski definition) is 2. The zero-order valence-corrected chi connectivity index (χ0v) is 13.6. The van der Waals surface area contributed by atoms with E-state index in [4.69, 9.17) is 0 Å². The largest absolute Gasteiger partial charge is 0.354 e. The number of nitrogens with zero attached hydrogens (tertiary/aromatic N) is 1. The molecule has 0 unspecified atom stereocenters. The third kappa shape index (κ3) is 5.33. The summed E-state index contributed by atoms with van der Waals surface area (Å²) in [5.74, 6) is 0.00202. The third-order valence-electron chi connectivity index (χ3n) is 2.94. The van der Waals surface area contributed by atoms with Crippen molar-refractivity contribution in [1.82, 2.24) is 5.32 Å². The lowest BCUT2D eigenvalue weighted by atomic mass is 10.2. The number of hydrogen-bond donors (Lipinski definition) is 1. The number of anilines is 1. The van der Waals surface area contributed by atoms with E-state index in [1.807, 2.05) is 24.3 Å². The molecular formula is C15H21BrN2O2. The first kappa shape index (κ1) is 16.7. The van der Waals surface area contributed by atoms with E-state index in [9.17, 15) is 9.59 Å². The molecule has 20 heavy (non-hydrogen) atoms. The van der Waals surface area contributed by atoms with Gasteiger partial charge in [0.1, 0.15) is 0 Å². The number of benzene rings is 1. The summed E-state index contributed by atoms with van der Waals surface area (Å²) in [7, 11) is 0. The molecule has 4 nitrogen and oxygen atoms in total. The van der Waals surface area contributed by atoms with Crippen LogP contribution in [0.15, 0.2) is 28.7 Å². The second kappa shape index (κ2) is 8.74. The number of halogens is 1. The summed E-state index contributed by atoms with van der Waals surface area (Å²) in [6.07, 6.45) is 2.45. The smallest absolute Gasteiger partial charge is 0.223 e. The number of para-hydroxylation sites is 1. The lowest BCUT2D eigenvalue weighted by Crippen LogP contribution is -2.37. The van der Waals surface area contributed by atoms with Crippen LogP contribution in [0.3, 0.4) is 0 Å². The molecule has 0 atom stereocenters. The zero-order chi connectivity index (χ0) is 15.0. The fraction of sp³-hybridized carbons (Fsp3) is 0.467. The maximum atomic E-state index is 11.7. The van der Waals surface area contributed by atoms with Gasteiger partial charge in [-0.1, -0.05) is 25.5 Å². The number of rotatable bonds is 7. The first-order valence-electron chi connectivity index (χ1n) is 6.85. The summed E-state index contributed by atoms with van der Waals surface area (Å²) in [5.41, 5.74) is 0.822. The van der Waals surface area contributed by atoms with Crippen molar-refractivity contribution < 1.29 is 9.59 Å². The zero-order valence-electron chi connectivity index (χ0n) is 12.0. The van der Waals surface area contributed by atoms with Gasteiger partial charge in [-0.3, -0.25) is 9.59 Å². The number of amides is 2. The Morgan fingerprint density at radius 2 is 2.00 bits per heavy atom. The Hall–Kier alpha value is -1.36. The number of carbonyl (C=O) groups is 2. The molecule has 1 aromatic carbocycles. The summed E-state index contributed by atoms with van der Waals surface area (Å²) in [6.45, 7) is 4.51. The number of nitrogens with one attached hydrogen (secondary N) is 1. The highest BCUT2D eigenvalue weighted by atomic mass is 79.9. The van der Waals surface area contributed by atoms with Gasteiger partial charge in [-0.2, -0.15) is 0 Å². The minimum absolute atomic E-state index is 0.0419. The first-order chi connectivity index (χ1) is 9.56. The van der Waals surface area contributed by atoms with Crippen molar-refractivity contribution in [3.05, 3.63) is 28.7 Å². The van der Waals surface area contributed by atoms with E-state index in [1.165, 1.54) is 6.92 Å². The Bertz CT molecular complexity index is 463. The molecule has 0 aliphatic carbocycles. The van der Waals surface area contributed by atoms with E-state index in [0.29, 0.717) is 19.5 Å². The second-order valence-corrected chi connectivity index (χ2v) is 5.43. The van der Waals surface area contributed by atoms with Crippen molar-refractivity contribution in [1.29, 1.82) is 0 Å². The van der Waals surface area contributed by atoms with Crippen LogP contribution in [-0.4, -0.2) is 24.9 Å². The molecule has 0 saturated carbocycles. The number of unbranched alkanes of at least 4 members (excludes halogenated alkanes) is 1. The van der Waals surface area contributed by atoms with E-state index in [2.05, 4.69) is 28.2 Å². The van der Waals surface area contributed by atoms with Gasteiger partial charge in [-0.25, -0.2) is 0 Å². The molecule has 0 heterocycles. The van der Waals surface area contributed by atoms with Crippen molar-refractivity contribution in [3.8, 4) is 0 Å². The molecule has 110 valence electrons. The minimum Gasteiger partial charge on any atom is -0.354 e. The standard InChI is InChI=1S/C15H21BrN2O2/c1-3-4-9-15(20)17-10-11-18(12(2)19)14-8-6-5-7-13(14)16/h5-8H,3-4,9-11H2,1-2H3,(H,17,20). The molecule has 0 bridgehead atoms. The monoisotopic (exact) mass is 340 g/mol. The fourth-order valence-electron chi connectivity index (χ4n) is 1.85. The van der Waals surface area contributed by atoms with Crippen molar-refractivity contribution in [3.63, 3.8) is 0 Å². The molecule has 0 fully saturated rings. The molecule has 0 saturated heterocycles. The predicted octanol–water partition coefficient (Wildman–Crippen LogP) is 3.11. The van der Waals surface area contributed by atoms with Crippen molar-refractivity contribution in [2.45, 2.75) is 33.1 Å². The van der Waals surface area contributed by atoms with Gasteiger partial charge in [-0.15, -0.1) is 0 Å². The van der Waals surface area contributed by atoms with Crippen LogP contribution in [0.5, 0.6) is 0 Å². The molecule has 1 rings (SSSR count). The minimum atomic E-state index is -0.0419. The summed E-state index contributed by atoms with van der Waals surface area (Å²) in [4.78, 5) is 24.9. The van der Waals surface area contributed by atoms with Crippen LogP contribution >= 0.6 is 15.9 Å². The lowest BCUT2D eigenvalue weighted by Gasteiger charge is -2.22. The maximum absolute atomic E-state index is 11.7. The van der Waals surface area contributed by atoms with E-state index < -0.39 is 0 Å². The fourth-order valence-corrected chi connectivity index (χ4v) is 2.35. The molecule has 1 N–H and O–H groups in total. The van der Waals surface area contributed by atoms with Gasteiger partial charge in [0.25, 0.3) is 0 Å². The summed E-state index contributed by atoms with van der Waals surface area (Å²) >= 11 is 3.44. The van der Waals surface area contributed by atoms with Gasteiger partial charge in [0.05, 0.1) is 5.69 Å². The quantitative estimate of drug-likeness (QED) is 0.828. The van der Waals surface area contributed by atoms with Gasteiger partial charge in [-0.05, 0) is 34.5 Å². The van der Waals surface area contributed by atoms with E-state index in [1.54, 1.807) is 4.90 Å². The topological polar surface area (TPSA) is 49.4 Å². The SMILES string of the molecule is CCCCC(=O)NCCN(C(C)=O)c1ccccc1Br. The van der Waals surface area contributed by atoms with Crippen LogP contribution < -0.4 is 10.2 Å². The molecule has 0 aliphatic heterocycles. The predicted molar refractivity (Wildman–Crippen MR) is 84.7 cm³/mol. The Balaban J connectivity index is 2.55. The van der Waals surface area contributed by atoms with Crippen LogP contribution in [-0.2, 0) is 9.59 Å². The highest BCUT2D eigenvalue weighted by molar-refractivity contribution is 9.10. The van der Waals surface area contributed by atoms with Gasteiger partial charge < -0.3 is 10.2 Å². The molecule has 1 aromatic rings. The molecule has 0 aromatic heterocycles. The van der Waals surface area contributed by atoms with Gasteiger partial charge in [0.15, 0.2) is 0 Å². The van der Waals surface area contributed by atoms with Crippen molar-refractivity contribution >= 4 is 33.4 Å². The molecule has 5 heteroatoms. The average molecular weight is 341 g/mol. The van der Waals surface area contributed by atoms with Crippen molar-refractivity contribution in [2.75, 3.05) is 18.0 Å². The Kier molecular flexibility index (Phi) is 7.30. The summed E-state index contributed by atoms with van der Waals surface area (Å²) < 4.78 is 0.868. The van der Waals surface area contributed by atoms with Gasteiger partial charge in [0, 0.05) is 30.9 Å². The van der Waals surface area contributed by atoms with Gasteiger partial charge in [0.2, 0.25) is 11.8 Å². The lowest BCUT2D eigenvalue weighted by molar-refractivity contribution is -0.121. The van der Waals surface area contributed by atoms with Crippen LogP contribution in [0.1, 0.15) is 33.1 Å². The summed E-state index contributed by atoms with van der Waals surface area (Å²) in [6, 6.07) is 7.56. The first-order valence-corrected chi connectivity index (χ1v) is 7.65. The van der Waals surface area contributed by atoms with Crippen LogP contribution in [0.4, 0.5) is 5.69 Å². The highest BCUT2D eigenvalue weighted by Crippen LogP contribution is 2.25. The van der Waals surface area contributed by atoms with E-state index in [-0.39, 0.29) is 11.8 Å². The van der Waals surface area contributed by atoms with Crippen LogP contribution in [0.25, 0.3) is 0 Å². The Morgan fingerprint density at radius 1 is 1.30 bits per heavy atom. The van der Waals surface area contributed by atoms with Crippen LogP contribution in [0, 0.1) is 0 Å². The number of carbonyl (C=O) groups excluding carboxylic acids is 2. The average Bonchev–Trinajstić information content (AvgIpc) is 2.42. The Labute approximate surface area is 128 Å². The summed E-state index contributed by atoms with van der Waals surface area (Å²) in [5, 5.41) is 2.84. The Morgan fingerprint density at radius 3 is 2.60 bits per heavy atom. The molecule has 0 aliphatic rings. The van der Waals surface area contributed by atoms with Gasteiger partial charge >= 0.3 is 0 Å². The molecule has 2 amide bonds. The molecular weight excluding hydrogens is 320 g/mol. The highest BCUT2D eigenvalue weighted by Gasteiger charge is 2.13. The van der Waals surface area contributed by atoms with E-state index in [0.717, 1.165) is 23.0 Å². The normalized spacial score (nSPS) is 10.2. The molecule has 0 radical (unpaired) electrons. The van der Waals surface area contributed by atoms with Crippen molar-refractivity contribution in [2.24, 2.45) is 0 Å². The second-order valence-electron chi connectivity index (χ2n) is 4.58.